The zero-order chi connectivity index (χ0) is 12.2. The van der Waals surface area contributed by atoms with Gasteiger partial charge in [-0.1, -0.05) is 23.7 Å². The van der Waals surface area contributed by atoms with Gasteiger partial charge in [-0.25, -0.2) is 0 Å². The van der Waals surface area contributed by atoms with Crippen molar-refractivity contribution in [2.24, 2.45) is 0 Å². The van der Waals surface area contributed by atoms with Crippen LogP contribution in [0.15, 0.2) is 24.3 Å². The van der Waals surface area contributed by atoms with Crippen LogP contribution in [-0.2, 0) is 16.0 Å². The Hall–Kier alpha value is -0.860. The summed E-state index contributed by atoms with van der Waals surface area (Å²) < 4.78 is 5.22. The lowest BCUT2D eigenvalue weighted by Crippen LogP contribution is -2.27. The van der Waals surface area contributed by atoms with Crippen LogP contribution < -0.4 is 0 Å². The fourth-order valence-electron chi connectivity index (χ4n) is 1.48. The van der Waals surface area contributed by atoms with Crippen LogP contribution in [-0.4, -0.2) is 18.5 Å². The minimum Gasteiger partial charge on any atom is -0.378 e. The standard InChI is InChI=1S/C13H17ClO2/c1-13(2,16-3)9-12(15)8-10-5-4-6-11(14)7-10/h4-7H,8-9H2,1-3H3. The molecule has 1 aromatic rings. The number of halogens is 1. The predicted octanol–water partition coefficient (Wildman–Crippen LogP) is 3.27. The maximum atomic E-state index is 11.8. The second kappa shape index (κ2) is 5.46. The Morgan fingerprint density at radius 2 is 2.12 bits per heavy atom. The van der Waals surface area contributed by atoms with E-state index in [4.69, 9.17) is 16.3 Å². The first-order chi connectivity index (χ1) is 7.43. The minimum absolute atomic E-state index is 0.161. The molecule has 1 aromatic carbocycles. The number of ether oxygens (including phenoxy) is 1. The van der Waals surface area contributed by atoms with Crippen molar-refractivity contribution in [1.82, 2.24) is 0 Å². The summed E-state index contributed by atoms with van der Waals surface area (Å²) in [6, 6.07) is 7.38. The molecule has 0 aliphatic rings. The van der Waals surface area contributed by atoms with Gasteiger partial charge in [0.25, 0.3) is 0 Å². The van der Waals surface area contributed by atoms with E-state index in [2.05, 4.69) is 0 Å². The lowest BCUT2D eigenvalue weighted by molar-refractivity contribution is -0.123. The van der Waals surface area contributed by atoms with Crippen molar-refractivity contribution in [2.45, 2.75) is 32.3 Å². The van der Waals surface area contributed by atoms with Gasteiger partial charge >= 0.3 is 0 Å². The molecule has 0 heterocycles. The average Bonchev–Trinajstić information content (AvgIpc) is 2.16. The highest BCUT2D eigenvalue weighted by molar-refractivity contribution is 6.30. The summed E-state index contributed by atoms with van der Waals surface area (Å²) in [5.74, 6) is 0.161. The lowest BCUT2D eigenvalue weighted by atomic mass is 9.97. The summed E-state index contributed by atoms with van der Waals surface area (Å²) in [7, 11) is 1.62. The molecule has 0 amide bonds. The Labute approximate surface area is 102 Å². The van der Waals surface area contributed by atoms with E-state index in [-0.39, 0.29) is 5.78 Å². The molecule has 0 bridgehead atoms. The van der Waals surface area contributed by atoms with Gasteiger partial charge in [-0.3, -0.25) is 4.79 Å². The quantitative estimate of drug-likeness (QED) is 0.790. The van der Waals surface area contributed by atoms with Crippen LogP contribution in [0, 0.1) is 0 Å². The molecule has 0 aliphatic heterocycles. The number of methoxy groups -OCH3 is 1. The van der Waals surface area contributed by atoms with Crippen LogP contribution in [0.3, 0.4) is 0 Å². The molecule has 0 unspecified atom stereocenters. The third-order valence-corrected chi connectivity index (χ3v) is 2.70. The van der Waals surface area contributed by atoms with E-state index >= 15 is 0 Å². The van der Waals surface area contributed by atoms with Crippen molar-refractivity contribution in [1.29, 1.82) is 0 Å². The summed E-state index contributed by atoms with van der Waals surface area (Å²) in [5, 5.41) is 0.663. The smallest absolute Gasteiger partial charge is 0.140 e. The van der Waals surface area contributed by atoms with Crippen LogP contribution in [0.25, 0.3) is 0 Å². The van der Waals surface area contributed by atoms with E-state index in [0.717, 1.165) is 5.56 Å². The summed E-state index contributed by atoms with van der Waals surface area (Å²) >= 11 is 5.85. The topological polar surface area (TPSA) is 26.3 Å². The number of carbonyl (C=O) groups excluding carboxylic acids is 1. The van der Waals surface area contributed by atoms with Crippen LogP contribution in [0.4, 0.5) is 0 Å². The van der Waals surface area contributed by atoms with Gasteiger partial charge in [-0.15, -0.1) is 0 Å². The Balaban J connectivity index is 2.59. The molecule has 1 rings (SSSR count). The van der Waals surface area contributed by atoms with E-state index in [0.29, 0.717) is 17.9 Å². The highest BCUT2D eigenvalue weighted by atomic mass is 35.5. The predicted molar refractivity (Wildman–Crippen MR) is 65.9 cm³/mol. The number of hydrogen-bond donors (Lipinski definition) is 0. The molecule has 0 fully saturated rings. The molecule has 0 N–H and O–H groups in total. The first-order valence-corrected chi connectivity index (χ1v) is 5.62. The number of hydrogen-bond acceptors (Lipinski definition) is 2. The summed E-state index contributed by atoms with van der Waals surface area (Å²) in [6.45, 7) is 3.81. The largest absolute Gasteiger partial charge is 0.378 e. The molecule has 3 heteroatoms. The molecule has 88 valence electrons. The second-order valence-electron chi connectivity index (χ2n) is 4.49. The molecular formula is C13H17ClO2. The zero-order valence-electron chi connectivity index (χ0n) is 9.92. The van der Waals surface area contributed by atoms with Crippen molar-refractivity contribution in [2.75, 3.05) is 7.11 Å². The van der Waals surface area contributed by atoms with Gasteiger partial charge in [-0.05, 0) is 31.5 Å². The summed E-state index contributed by atoms with van der Waals surface area (Å²) in [6.07, 6.45) is 0.823. The van der Waals surface area contributed by atoms with Gasteiger partial charge in [0.1, 0.15) is 5.78 Å². The number of benzene rings is 1. The van der Waals surface area contributed by atoms with Crippen molar-refractivity contribution < 1.29 is 9.53 Å². The molecule has 2 nitrogen and oxygen atoms in total. The minimum atomic E-state index is -0.393. The molecule has 0 radical (unpaired) electrons. The van der Waals surface area contributed by atoms with Gasteiger partial charge in [0.2, 0.25) is 0 Å². The van der Waals surface area contributed by atoms with Gasteiger partial charge in [0.15, 0.2) is 0 Å². The Morgan fingerprint density at radius 3 is 2.69 bits per heavy atom. The zero-order valence-corrected chi connectivity index (χ0v) is 10.7. The van der Waals surface area contributed by atoms with Gasteiger partial charge < -0.3 is 4.74 Å². The van der Waals surface area contributed by atoms with Crippen molar-refractivity contribution >= 4 is 17.4 Å². The number of ketones is 1. The number of Topliss-reactive ketones (excluding diaryl/α,β-unsaturated/α-hetero) is 1. The molecule has 0 aliphatic carbocycles. The Bertz CT molecular complexity index is 372. The van der Waals surface area contributed by atoms with E-state index < -0.39 is 5.60 Å². The molecule has 0 atom stereocenters. The first-order valence-electron chi connectivity index (χ1n) is 5.24. The van der Waals surface area contributed by atoms with Crippen molar-refractivity contribution in [3.63, 3.8) is 0 Å². The third-order valence-electron chi connectivity index (χ3n) is 2.47. The molecular weight excluding hydrogens is 224 g/mol. The normalized spacial score (nSPS) is 11.5. The average molecular weight is 241 g/mol. The van der Waals surface area contributed by atoms with E-state index in [1.807, 2.05) is 32.0 Å². The highest BCUT2D eigenvalue weighted by Gasteiger charge is 2.20. The Kier molecular flexibility index (Phi) is 4.51. The maximum absolute atomic E-state index is 11.8. The SMILES string of the molecule is COC(C)(C)CC(=O)Cc1cccc(Cl)c1. The van der Waals surface area contributed by atoms with Crippen LogP contribution in [0.5, 0.6) is 0 Å². The molecule has 0 aromatic heterocycles. The number of rotatable bonds is 5. The van der Waals surface area contributed by atoms with Crippen molar-refractivity contribution in [3.8, 4) is 0 Å². The van der Waals surface area contributed by atoms with Gasteiger partial charge in [-0.2, -0.15) is 0 Å². The maximum Gasteiger partial charge on any atom is 0.140 e. The number of carbonyl (C=O) groups is 1. The highest BCUT2D eigenvalue weighted by Crippen LogP contribution is 2.16. The fraction of sp³-hybridized carbons (Fsp3) is 0.462. The van der Waals surface area contributed by atoms with Crippen LogP contribution in [0.1, 0.15) is 25.8 Å². The third kappa shape index (κ3) is 4.33. The first kappa shape index (κ1) is 13.2. The van der Waals surface area contributed by atoms with Gasteiger partial charge in [0.05, 0.1) is 5.60 Å². The Morgan fingerprint density at radius 1 is 1.44 bits per heavy atom. The second-order valence-corrected chi connectivity index (χ2v) is 4.92. The molecule has 0 saturated carbocycles. The van der Waals surface area contributed by atoms with E-state index in [9.17, 15) is 4.79 Å². The van der Waals surface area contributed by atoms with Crippen molar-refractivity contribution in [3.05, 3.63) is 34.9 Å². The fourth-order valence-corrected chi connectivity index (χ4v) is 1.70. The molecule has 16 heavy (non-hydrogen) atoms. The van der Waals surface area contributed by atoms with Crippen LogP contribution in [0.2, 0.25) is 5.02 Å². The lowest BCUT2D eigenvalue weighted by Gasteiger charge is -2.21. The van der Waals surface area contributed by atoms with E-state index in [1.54, 1.807) is 13.2 Å². The summed E-state index contributed by atoms with van der Waals surface area (Å²) in [4.78, 5) is 11.8. The van der Waals surface area contributed by atoms with Gasteiger partial charge in [0, 0.05) is 25.0 Å². The molecule has 0 spiro atoms. The molecule has 0 saturated heterocycles. The monoisotopic (exact) mass is 240 g/mol. The van der Waals surface area contributed by atoms with E-state index in [1.165, 1.54) is 0 Å². The van der Waals surface area contributed by atoms with Crippen LogP contribution >= 0.6 is 11.6 Å². The summed E-state index contributed by atoms with van der Waals surface area (Å²) in [5.41, 5.74) is 0.555.